The molecule has 0 aliphatic heterocycles. The molecule has 1 aliphatic rings. The number of aryl methyl sites for hydroxylation is 1. The number of carbonyl (C=O) groups excluding carboxylic acids is 1. The van der Waals surface area contributed by atoms with E-state index in [1.165, 1.54) is 37.7 Å². The molecule has 28 heavy (non-hydrogen) atoms. The number of nitrogens with one attached hydrogen (secondary N) is 2. The summed E-state index contributed by atoms with van der Waals surface area (Å²) in [5.41, 5.74) is 6.88. The number of rotatable bonds is 14. The van der Waals surface area contributed by atoms with Gasteiger partial charge < -0.3 is 15.8 Å². The standard InChI is InChI=1S/C22H35N3O2.ClH/c1-2-3-16-27-17-8-6-4-5-7-9-18-10-12-19(13-11-18)20(26)25-22(14-15-22)21(23)24;/h10-13H,2-9,14-17H2,1H3,(H3,23,24)(H,25,26);1H. The predicted molar refractivity (Wildman–Crippen MR) is 118 cm³/mol. The van der Waals surface area contributed by atoms with Crippen LogP contribution in [0, 0.1) is 5.41 Å². The van der Waals surface area contributed by atoms with E-state index in [9.17, 15) is 4.79 Å². The van der Waals surface area contributed by atoms with Gasteiger partial charge in [0.2, 0.25) is 0 Å². The molecule has 1 aromatic rings. The summed E-state index contributed by atoms with van der Waals surface area (Å²) in [6.07, 6.45) is 11.0. The summed E-state index contributed by atoms with van der Waals surface area (Å²) in [5, 5.41) is 10.5. The van der Waals surface area contributed by atoms with Crippen molar-refractivity contribution in [1.29, 1.82) is 5.41 Å². The molecule has 0 radical (unpaired) electrons. The summed E-state index contributed by atoms with van der Waals surface area (Å²) in [7, 11) is 0. The van der Waals surface area contributed by atoms with E-state index in [4.69, 9.17) is 15.9 Å². The molecule has 1 fully saturated rings. The van der Waals surface area contributed by atoms with Crippen molar-refractivity contribution in [2.24, 2.45) is 5.73 Å². The Morgan fingerprint density at radius 3 is 2.29 bits per heavy atom. The largest absolute Gasteiger partial charge is 0.386 e. The molecule has 5 nitrogen and oxygen atoms in total. The second-order valence-electron chi connectivity index (χ2n) is 7.63. The molecule has 0 spiro atoms. The molecule has 1 aliphatic carbocycles. The van der Waals surface area contributed by atoms with E-state index in [1.807, 2.05) is 24.3 Å². The number of nitrogens with two attached hydrogens (primary N) is 1. The molecule has 1 saturated carbocycles. The molecule has 0 bridgehead atoms. The maximum atomic E-state index is 12.3. The van der Waals surface area contributed by atoms with Gasteiger partial charge in [-0.25, -0.2) is 0 Å². The van der Waals surface area contributed by atoms with E-state index in [2.05, 4.69) is 12.2 Å². The third kappa shape index (κ3) is 8.19. The summed E-state index contributed by atoms with van der Waals surface area (Å²) < 4.78 is 5.58. The van der Waals surface area contributed by atoms with Crippen LogP contribution in [0.15, 0.2) is 24.3 Å². The van der Waals surface area contributed by atoms with E-state index >= 15 is 0 Å². The molecule has 158 valence electrons. The van der Waals surface area contributed by atoms with Crippen LogP contribution in [-0.4, -0.2) is 30.5 Å². The van der Waals surface area contributed by atoms with Gasteiger partial charge in [0.1, 0.15) is 5.84 Å². The normalized spacial score (nSPS) is 14.2. The van der Waals surface area contributed by atoms with Gasteiger partial charge >= 0.3 is 0 Å². The first kappa shape index (κ1) is 24.4. The molecule has 1 aromatic carbocycles. The smallest absolute Gasteiger partial charge is 0.252 e. The van der Waals surface area contributed by atoms with Crippen molar-refractivity contribution in [2.45, 2.75) is 76.7 Å². The Morgan fingerprint density at radius 2 is 1.68 bits per heavy atom. The number of carbonyl (C=O) groups is 1. The highest BCUT2D eigenvalue weighted by molar-refractivity contribution is 6.01. The van der Waals surface area contributed by atoms with Crippen LogP contribution in [0.5, 0.6) is 0 Å². The monoisotopic (exact) mass is 409 g/mol. The first-order valence-electron chi connectivity index (χ1n) is 10.4. The number of amides is 1. The number of benzene rings is 1. The van der Waals surface area contributed by atoms with Gasteiger partial charge in [-0.15, -0.1) is 12.4 Å². The van der Waals surface area contributed by atoms with Gasteiger partial charge in [0.05, 0.1) is 5.54 Å². The highest BCUT2D eigenvalue weighted by Gasteiger charge is 2.47. The Hall–Kier alpha value is -1.59. The Balaban J connectivity index is 0.00000392. The highest BCUT2D eigenvalue weighted by atomic mass is 35.5. The van der Waals surface area contributed by atoms with E-state index in [-0.39, 0.29) is 24.1 Å². The topological polar surface area (TPSA) is 88.2 Å². The quantitative estimate of drug-likeness (QED) is 0.238. The molecule has 2 rings (SSSR count). The minimum atomic E-state index is -0.587. The lowest BCUT2D eigenvalue weighted by molar-refractivity contribution is 0.0943. The SMILES string of the molecule is CCCCOCCCCCCCc1ccc(C(=O)NC2(C(=N)N)CC2)cc1.Cl. The zero-order valence-corrected chi connectivity index (χ0v) is 17.9. The third-order valence-electron chi connectivity index (χ3n) is 5.23. The van der Waals surface area contributed by atoms with Crippen LogP contribution in [0.3, 0.4) is 0 Å². The number of hydrogen-bond acceptors (Lipinski definition) is 3. The van der Waals surface area contributed by atoms with Gasteiger partial charge in [-0.2, -0.15) is 0 Å². The number of unbranched alkanes of at least 4 members (excludes halogenated alkanes) is 5. The van der Waals surface area contributed by atoms with Crippen molar-refractivity contribution in [2.75, 3.05) is 13.2 Å². The average molecular weight is 410 g/mol. The highest BCUT2D eigenvalue weighted by Crippen LogP contribution is 2.35. The molecular formula is C22H36ClN3O2. The lowest BCUT2D eigenvalue weighted by Gasteiger charge is -2.15. The zero-order chi connectivity index (χ0) is 19.5. The number of ether oxygens (including phenoxy) is 1. The van der Waals surface area contributed by atoms with Crippen molar-refractivity contribution in [3.8, 4) is 0 Å². The van der Waals surface area contributed by atoms with Gasteiger partial charge in [-0.1, -0.05) is 44.7 Å². The van der Waals surface area contributed by atoms with Gasteiger partial charge in [0.15, 0.2) is 0 Å². The Bertz CT molecular complexity index is 600. The van der Waals surface area contributed by atoms with Gasteiger partial charge in [0.25, 0.3) is 5.91 Å². The maximum Gasteiger partial charge on any atom is 0.252 e. The van der Waals surface area contributed by atoms with Gasteiger partial charge in [-0.3, -0.25) is 10.2 Å². The summed E-state index contributed by atoms with van der Waals surface area (Å²) in [5.74, 6) is -0.0876. The second kappa shape index (κ2) is 12.8. The lowest BCUT2D eigenvalue weighted by atomic mass is 10.0. The first-order chi connectivity index (χ1) is 13.1. The Kier molecular flexibility index (Phi) is 11.2. The molecule has 0 heterocycles. The number of halogens is 1. The van der Waals surface area contributed by atoms with Crippen LogP contribution in [0.2, 0.25) is 0 Å². The molecule has 4 N–H and O–H groups in total. The summed E-state index contributed by atoms with van der Waals surface area (Å²) in [6, 6.07) is 7.80. The van der Waals surface area contributed by atoms with Gasteiger partial charge in [-0.05, 0) is 56.2 Å². The maximum absolute atomic E-state index is 12.3. The van der Waals surface area contributed by atoms with E-state index in [0.717, 1.165) is 45.3 Å². The molecule has 0 unspecified atom stereocenters. The molecular weight excluding hydrogens is 374 g/mol. The molecule has 0 atom stereocenters. The van der Waals surface area contributed by atoms with Crippen molar-refractivity contribution in [1.82, 2.24) is 5.32 Å². The van der Waals surface area contributed by atoms with Crippen LogP contribution in [0.1, 0.15) is 80.6 Å². The minimum absolute atomic E-state index is 0. The number of hydrogen-bond donors (Lipinski definition) is 3. The third-order valence-corrected chi connectivity index (χ3v) is 5.23. The average Bonchev–Trinajstić information content (AvgIpc) is 3.44. The minimum Gasteiger partial charge on any atom is -0.386 e. The zero-order valence-electron chi connectivity index (χ0n) is 17.1. The lowest BCUT2D eigenvalue weighted by Crippen LogP contribution is -2.46. The summed E-state index contributed by atoms with van der Waals surface area (Å²) in [6.45, 7) is 3.98. The fourth-order valence-corrected chi connectivity index (χ4v) is 3.11. The second-order valence-corrected chi connectivity index (χ2v) is 7.63. The van der Waals surface area contributed by atoms with Crippen LogP contribution in [-0.2, 0) is 11.2 Å². The Morgan fingerprint density at radius 1 is 1.07 bits per heavy atom. The number of amidine groups is 1. The van der Waals surface area contributed by atoms with Crippen LogP contribution < -0.4 is 11.1 Å². The fourth-order valence-electron chi connectivity index (χ4n) is 3.11. The van der Waals surface area contributed by atoms with Crippen molar-refractivity contribution in [3.63, 3.8) is 0 Å². The molecule has 0 aromatic heterocycles. The molecule has 6 heteroatoms. The van der Waals surface area contributed by atoms with E-state index < -0.39 is 5.54 Å². The van der Waals surface area contributed by atoms with E-state index in [0.29, 0.717) is 5.56 Å². The van der Waals surface area contributed by atoms with Crippen LogP contribution >= 0.6 is 12.4 Å². The molecule has 1 amide bonds. The van der Waals surface area contributed by atoms with Crippen LogP contribution in [0.4, 0.5) is 0 Å². The molecule has 0 saturated heterocycles. The first-order valence-corrected chi connectivity index (χ1v) is 10.4. The van der Waals surface area contributed by atoms with Crippen LogP contribution in [0.25, 0.3) is 0 Å². The fraction of sp³-hybridized carbons (Fsp3) is 0.636. The van der Waals surface area contributed by atoms with Crippen molar-refractivity contribution in [3.05, 3.63) is 35.4 Å². The van der Waals surface area contributed by atoms with Crippen molar-refractivity contribution >= 4 is 24.1 Å². The Labute approximate surface area is 175 Å². The summed E-state index contributed by atoms with van der Waals surface area (Å²) in [4.78, 5) is 12.3. The van der Waals surface area contributed by atoms with Crippen molar-refractivity contribution < 1.29 is 9.53 Å². The summed E-state index contributed by atoms with van der Waals surface area (Å²) >= 11 is 0. The predicted octanol–water partition coefficient (Wildman–Crippen LogP) is 4.62. The van der Waals surface area contributed by atoms with E-state index in [1.54, 1.807) is 0 Å². The van der Waals surface area contributed by atoms with Gasteiger partial charge in [0, 0.05) is 18.8 Å².